The zero-order valence-electron chi connectivity index (χ0n) is 10.2. The summed E-state index contributed by atoms with van der Waals surface area (Å²) >= 11 is 0. The molecule has 1 aromatic carbocycles. The van der Waals surface area contributed by atoms with Gasteiger partial charge in [0.2, 0.25) is 0 Å². The normalized spacial score (nSPS) is 11.4. The molecule has 0 atom stereocenters. The Hall–Kier alpha value is -1.89. The van der Waals surface area contributed by atoms with Crippen LogP contribution in [-0.4, -0.2) is 29.7 Å². The molecule has 1 N–H and O–H groups in total. The lowest BCUT2D eigenvalue weighted by molar-refractivity contribution is 0.602. The first kappa shape index (κ1) is 12.6. The lowest BCUT2D eigenvalue weighted by Gasteiger charge is -2.09. The molecule has 0 bridgehead atoms. The second kappa shape index (κ2) is 4.77. The third kappa shape index (κ3) is 2.86. The molecule has 18 heavy (non-hydrogen) atoms. The molecule has 0 aliphatic carbocycles. The third-order valence-electron chi connectivity index (χ3n) is 2.40. The zero-order valence-corrected chi connectivity index (χ0v) is 11.0. The summed E-state index contributed by atoms with van der Waals surface area (Å²) in [5.74, 6) is 0. The number of hydrogen-bond donors (Lipinski definition) is 1. The molecule has 0 spiro atoms. The van der Waals surface area contributed by atoms with Crippen LogP contribution in [0.3, 0.4) is 0 Å². The van der Waals surface area contributed by atoms with E-state index in [9.17, 15) is 8.42 Å². The van der Waals surface area contributed by atoms with E-state index in [4.69, 9.17) is 0 Å². The van der Waals surface area contributed by atoms with E-state index >= 15 is 0 Å². The number of hydrogen-bond acceptors (Lipinski definition) is 5. The van der Waals surface area contributed by atoms with Gasteiger partial charge in [-0.25, -0.2) is 8.42 Å². The number of aryl methyl sites for hydroxylation is 1. The number of nitrogens with one attached hydrogen (secondary N) is 1. The number of nitrogens with zero attached hydrogens (tertiary/aromatic N) is 3. The average Bonchev–Trinajstić information content (AvgIpc) is 2.72. The number of aromatic nitrogens is 3. The van der Waals surface area contributed by atoms with E-state index in [1.165, 1.54) is 6.26 Å². The summed E-state index contributed by atoms with van der Waals surface area (Å²) in [5.41, 5.74) is 1.33. The van der Waals surface area contributed by atoms with Gasteiger partial charge in [0, 0.05) is 19.5 Å². The quantitative estimate of drug-likeness (QED) is 0.887. The molecule has 0 amide bonds. The third-order valence-corrected chi connectivity index (χ3v) is 3.55. The van der Waals surface area contributed by atoms with E-state index < -0.39 is 9.84 Å². The molecule has 0 aliphatic rings. The monoisotopic (exact) mass is 266 g/mol. The van der Waals surface area contributed by atoms with Gasteiger partial charge < -0.3 is 5.32 Å². The SMILES string of the molecule is Cn1cc(CNc2ccccc2S(C)(=O)=O)nn1. The maximum atomic E-state index is 11.6. The molecular weight excluding hydrogens is 252 g/mol. The number of sulfone groups is 1. The van der Waals surface area contributed by atoms with E-state index in [2.05, 4.69) is 15.6 Å². The summed E-state index contributed by atoms with van der Waals surface area (Å²) in [6, 6.07) is 6.79. The van der Waals surface area contributed by atoms with Crippen LogP contribution in [0, 0.1) is 0 Å². The first-order valence-corrected chi connectivity index (χ1v) is 7.24. The van der Waals surface area contributed by atoms with Crippen molar-refractivity contribution < 1.29 is 8.42 Å². The van der Waals surface area contributed by atoms with Gasteiger partial charge in [0.05, 0.1) is 17.1 Å². The van der Waals surface area contributed by atoms with Crippen molar-refractivity contribution in [3.05, 3.63) is 36.2 Å². The van der Waals surface area contributed by atoms with Crippen molar-refractivity contribution in [1.29, 1.82) is 0 Å². The van der Waals surface area contributed by atoms with Gasteiger partial charge in [0.1, 0.15) is 5.69 Å². The Morgan fingerprint density at radius 3 is 2.67 bits per heavy atom. The van der Waals surface area contributed by atoms with Gasteiger partial charge in [0.25, 0.3) is 0 Å². The van der Waals surface area contributed by atoms with Gasteiger partial charge in [0.15, 0.2) is 9.84 Å². The maximum absolute atomic E-state index is 11.6. The van der Waals surface area contributed by atoms with Crippen molar-refractivity contribution in [2.24, 2.45) is 7.05 Å². The van der Waals surface area contributed by atoms with E-state index in [1.807, 2.05) is 0 Å². The number of rotatable bonds is 4. The molecule has 0 saturated carbocycles. The Morgan fingerprint density at radius 1 is 1.33 bits per heavy atom. The summed E-state index contributed by atoms with van der Waals surface area (Å²) in [6.45, 7) is 0.431. The van der Waals surface area contributed by atoms with Crippen molar-refractivity contribution in [2.75, 3.05) is 11.6 Å². The first-order valence-electron chi connectivity index (χ1n) is 5.35. The highest BCUT2D eigenvalue weighted by Gasteiger charge is 2.12. The second-order valence-corrected chi connectivity index (χ2v) is 5.99. The van der Waals surface area contributed by atoms with Crippen molar-refractivity contribution in [2.45, 2.75) is 11.4 Å². The Morgan fingerprint density at radius 2 is 2.06 bits per heavy atom. The number of anilines is 1. The maximum Gasteiger partial charge on any atom is 0.177 e. The van der Waals surface area contributed by atoms with E-state index in [0.717, 1.165) is 5.69 Å². The number of para-hydroxylation sites is 1. The van der Waals surface area contributed by atoms with Gasteiger partial charge in [-0.1, -0.05) is 17.3 Å². The molecule has 2 rings (SSSR count). The lowest BCUT2D eigenvalue weighted by atomic mass is 10.3. The predicted octanol–water partition coefficient (Wildman–Crippen LogP) is 0.831. The highest BCUT2D eigenvalue weighted by molar-refractivity contribution is 7.90. The summed E-state index contributed by atoms with van der Waals surface area (Å²) in [7, 11) is -1.46. The molecule has 0 saturated heterocycles. The zero-order chi connectivity index (χ0) is 13.2. The highest BCUT2D eigenvalue weighted by Crippen LogP contribution is 2.20. The minimum Gasteiger partial charge on any atom is -0.378 e. The second-order valence-electron chi connectivity index (χ2n) is 4.01. The van der Waals surface area contributed by atoms with Gasteiger partial charge in [-0.15, -0.1) is 5.10 Å². The van der Waals surface area contributed by atoms with Crippen LogP contribution in [-0.2, 0) is 23.4 Å². The molecule has 0 aliphatic heterocycles. The molecule has 0 radical (unpaired) electrons. The minimum atomic E-state index is -3.24. The molecule has 96 valence electrons. The Bertz CT molecular complexity index is 649. The summed E-state index contributed by atoms with van der Waals surface area (Å²) in [5, 5.41) is 10.8. The van der Waals surface area contributed by atoms with Crippen LogP contribution in [0.4, 0.5) is 5.69 Å². The first-order chi connectivity index (χ1) is 8.47. The molecular formula is C11H14N4O2S. The van der Waals surface area contributed by atoms with Crippen LogP contribution in [0.25, 0.3) is 0 Å². The summed E-state index contributed by atoms with van der Waals surface area (Å²) < 4.78 is 24.8. The summed E-state index contributed by atoms with van der Waals surface area (Å²) in [6.07, 6.45) is 2.96. The van der Waals surface area contributed by atoms with E-state index in [1.54, 1.807) is 42.2 Å². The van der Waals surface area contributed by atoms with E-state index in [0.29, 0.717) is 12.2 Å². The van der Waals surface area contributed by atoms with Gasteiger partial charge in [-0.05, 0) is 12.1 Å². The van der Waals surface area contributed by atoms with Crippen LogP contribution >= 0.6 is 0 Å². The fraction of sp³-hybridized carbons (Fsp3) is 0.273. The Balaban J connectivity index is 2.20. The van der Waals surface area contributed by atoms with Crippen molar-refractivity contribution in [3.63, 3.8) is 0 Å². The fourth-order valence-corrected chi connectivity index (χ4v) is 2.46. The molecule has 0 unspecified atom stereocenters. The lowest BCUT2D eigenvalue weighted by Crippen LogP contribution is -2.06. The van der Waals surface area contributed by atoms with Crippen molar-refractivity contribution in [3.8, 4) is 0 Å². The number of benzene rings is 1. The predicted molar refractivity (Wildman–Crippen MR) is 67.9 cm³/mol. The topological polar surface area (TPSA) is 76.9 Å². The molecule has 6 nitrogen and oxygen atoms in total. The van der Waals surface area contributed by atoms with E-state index in [-0.39, 0.29) is 4.90 Å². The van der Waals surface area contributed by atoms with Gasteiger partial charge in [-0.2, -0.15) is 0 Å². The van der Waals surface area contributed by atoms with Crippen LogP contribution in [0.5, 0.6) is 0 Å². The van der Waals surface area contributed by atoms with Crippen LogP contribution in [0.1, 0.15) is 5.69 Å². The molecule has 1 aromatic heterocycles. The fourth-order valence-electron chi connectivity index (χ4n) is 1.60. The molecule has 1 heterocycles. The average molecular weight is 266 g/mol. The summed E-state index contributed by atoms with van der Waals surface area (Å²) in [4.78, 5) is 0.286. The van der Waals surface area contributed by atoms with Crippen LogP contribution in [0.2, 0.25) is 0 Å². The van der Waals surface area contributed by atoms with Crippen molar-refractivity contribution in [1.82, 2.24) is 15.0 Å². The molecule has 2 aromatic rings. The van der Waals surface area contributed by atoms with Crippen LogP contribution < -0.4 is 5.32 Å². The van der Waals surface area contributed by atoms with Gasteiger partial charge >= 0.3 is 0 Å². The smallest absolute Gasteiger partial charge is 0.177 e. The van der Waals surface area contributed by atoms with Gasteiger partial charge in [-0.3, -0.25) is 4.68 Å². The Labute approximate surface area is 106 Å². The minimum absolute atomic E-state index is 0.286. The van der Waals surface area contributed by atoms with Crippen LogP contribution in [0.15, 0.2) is 35.4 Å². The largest absolute Gasteiger partial charge is 0.378 e. The highest BCUT2D eigenvalue weighted by atomic mass is 32.2. The Kier molecular flexibility index (Phi) is 3.33. The molecule has 0 fully saturated rings. The van der Waals surface area contributed by atoms with Crippen molar-refractivity contribution >= 4 is 15.5 Å². The molecule has 7 heteroatoms. The standard InChI is InChI=1S/C11H14N4O2S/c1-15-8-9(13-14-15)7-12-10-5-3-4-6-11(10)18(2,16)17/h3-6,8,12H,7H2,1-2H3.